The molecule has 1 aromatic heterocycles. The van der Waals surface area contributed by atoms with Gasteiger partial charge >= 0.3 is 0 Å². The van der Waals surface area contributed by atoms with Gasteiger partial charge in [-0.15, -0.1) is 11.3 Å². The van der Waals surface area contributed by atoms with Crippen molar-refractivity contribution in [3.8, 4) is 0 Å². The van der Waals surface area contributed by atoms with Crippen LogP contribution in [0.2, 0.25) is 0 Å². The molecule has 1 saturated heterocycles. The van der Waals surface area contributed by atoms with Gasteiger partial charge in [0.2, 0.25) is 0 Å². The fourth-order valence-electron chi connectivity index (χ4n) is 4.67. The van der Waals surface area contributed by atoms with Gasteiger partial charge in [-0.2, -0.15) is 0 Å². The number of carbonyl (C=O) groups excluding carboxylic acids is 2. The molecule has 0 unspecified atom stereocenters. The van der Waals surface area contributed by atoms with Gasteiger partial charge < -0.3 is 15.5 Å². The van der Waals surface area contributed by atoms with E-state index in [1.165, 1.54) is 41.0 Å². The molecule has 1 fully saturated rings. The predicted molar refractivity (Wildman–Crippen MR) is 123 cm³/mol. The molecule has 0 radical (unpaired) electrons. The van der Waals surface area contributed by atoms with Gasteiger partial charge in [-0.1, -0.05) is 17.7 Å². The smallest absolute Gasteiger partial charge is 0.280 e. The highest BCUT2D eigenvalue weighted by Crippen LogP contribution is 2.39. The van der Waals surface area contributed by atoms with Gasteiger partial charge in [0, 0.05) is 10.6 Å². The average molecular weight is 427 g/mol. The molecule has 1 aromatic carbocycles. The Labute approximate surface area is 182 Å². The first-order valence-electron chi connectivity index (χ1n) is 11.2. The Morgan fingerprint density at radius 3 is 2.50 bits per heavy atom. The van der Waals surface area contributed by atoms with E-state index < -0.39 is 0 Å². The van der Waals surface area contributed by atoms with E-state index >= 15 is 0 Å². The van der Waals surface area contributed by atoms with Crippen molar-refractivity contribution in [2.24, 2.45) is 0 Å². The molecule has 2 amide bonds. The van der Waals surface area contributed by atoms with Crippen molar-refractivity contribution in [1.82, 2.24) is 0 Å². The molecule has 0 spiro atoms. The van der Waals surface area contributed by atoms with Gasteiger partial charge in [0.1, 0.15) is 5.00 Å². The Kier molecular flexibility index (Phi) is 6.54. The monoisotopic (exact) mass is 426 g/mol. The molecule has 2 aromatic rings. The average Bonchev–Trinajstić information content (AvgIpc) is 3.16. The lowest BCUT2D eigenvalue weighted by atomic mass is 10.1. The predicted octanol–water partition coefficient (Wildman–Crippen LogP) is 3.50. The van der Waals surface area contributed by atoms with E-state index in [2.05, 4.69) is 16.7 Å². The van der Waals surface area contributed by atoms with E-state index in [1.807, 2.05) is 26.0 Å². The Bertz CT molecular complexity index is 942. The number of hydrogen-bond donors (Lipinski definition) is 3. The van der Waals surface area contributed by atoms with Crippen LogP contribution in [0, 0.1) is 13.8 Å². The van der Waals surface area contributed by atoms with E-state index in [4.69, 9.17) is 0 Å². The lowest BCUT2D eigenvalue weighted by Gasteiger charge is -2.16. The van der Waals surface area contributed by atoms with E-state index in [0.717, 1.165) is 54.2 Å². The minimum atomic E-state index is -0.112. The first-order valence-corrected chi connectivity index (χ1v) is 12.0. The number of fused-ring (bicyclic) bond motifs is 1. The lowest BCUT2D eigenvalue weighted by molar-refractivity contribution is -0.890. The fraction of sp³-hybridized carbons (Fsp3) is 0.500. The van der Waals surface area contributed by atoms with Crippen molar-refractivity contribution in [3.05, 3.63) is 45.3 Å². The summed E-state index contributed by atoms with van der Waals surface area (Å²) in [5.74, 6) is -0.0915. The molecule has 1 aliphatic carbocycles. The van der Waals surface area contributed by atoms with Gasteiger partial charge in [0.05, 0.1) is 18.7 Å². The number of nitrogens with one attached hydrogen (secondary N) is 3. The normalized spacial score (nSPS) is 16.7. The highest BCUT2D eigenvalue weighted by atomic mass is 32.1. The van der Waals surface area contributed by atoms with Gasteiger partial charge in [0.25, 0.3) is 11.8 Å². The summed E-state index contributed by atoms with van der Waals surface area (Å²) in [7, 11) is 0. The van der Waals surface area contributed by atoms with Crippen LogP contribution >= 0.6 is 11.3 Å². The van der Waals surface area contributed by atoms with Crippen LogP contribution < -0.4 is 15.5 Å². The zero-order chi connectivity index (χ0) is 21.1. The molecule has 160 valence electrons. The molecule has 2 heterocycles. The van der Waals surface area contributed by atoms with Gasteiger partial charge in [-0.05, 0) is 76.0 Å². The molecule has 0 saturated carbocycles. The Hall–Kier alpha value is -2.18. The van der Waals surface area contributed by atoms with Crippen LogP contribution in [0.25, 0.3) is 0 Å². The maximum Gasteiger partial charge on any atom is 0.280 e. The maximum atomic E-state index is 13.2. The number of amides is 2. The molecule has 30 heavy (non-hydrogen) atoms. The largest absolute Gasteiger partial charge is 0.327 e. The van der Waals surface area contributed by atoms with Gasteiger partial charge in [-0.25, -0.2) is 0 Å². The first kappa shape index (κ1) is 21.1. The topological polar surface area (TPSA) is 62.6 Å². The molecule has 4 rings (SSSR count). The summed E-state index contributed by atoms with van der Waals surface area (Å²) < 4.78 is 0. The van der Waals surface area contributed by atoms with Crippen molar-refractivity contribution in [1.29, 1.82) is 0 Å². The van der Waals surface area contributed by atoms with Crippen LogP contribution in [0.1, 0.15) is 64.0 Å². The summed E-state index contributed by atoms with van der Waals surface area (Å²) >= 11 is 1.59. The van der Waals surface area contributed by atoms with Gasteiger partial charge in [-0.3, -0.25) is 9.59 Å². The van der Waals surface area contributed by atoms with E-state index in [9.17, 15) is 9.59 Å². The Morgan fingerprint density at radius 2 is 1.77 bits per heavy atom. The van der Waals surface area contributed by atoms with E-state index in [1.54, 1.807) is 11.3 Å². The van der Waals surface area contributed by atoms with Gasteiger partial charge in [0.15, 0.2) is 6.54 Å². The number of aryl methyl sites for hydroxylation is 3. The number of likely N-dealkylation sites (tertiary alicyclic amines) is 1. The highest BCUT2D eigenvalue weighted by molar-refractivity contribution is 7.17. The molecular weight excluding hydrogens is 394 g/mol. The van der Waals surface area contributed by atoms with E-state index in [-0.39, 0.29) is 11.8 Å². The first-order chi connectivity index (χ1) is 14.5. The molecule has 1 aliphatic heterocycles. The third kappa shape index (κ3) is 4.76. The molecular formula is C24H32N3O2S+. The summed E-state index contributed by atoms with van der Waals surface area (Å²) in [6.45, 7) is 6.67. The van der Waals surface area contributed by atoms with Crippen molar-refractivity contribution in [3.63, 3.8) is 0 Å². The highest BCUT2D eigenvalue weighted by Gasteiger charge is 2.28. The summed E-state index contributed by atoms with van der Waals surface area (Å²) in [6, 6.07) is 6.03. The Balaban J connectivity index is 1.51. The van der Waals surface area contributed by atoms with Crippen molar-refractivity contribution < 1.29 is 14.5 Å². The number of hydrogen-bond acceptors (Lipinski definition) is 3. The third-order valence-corrected chi connectivity index (χ3v) is 7.46. The van der Waals surface area contributed by atoms with Crippen molar-refractivity contribution in [2.75, 3.05) is 30.3 Å². The maximum absolute atomic E-state index is 13.2. The third-order valence-electron chi connectivity index (χ3n) is 6.25. The molecule has 0 bridgehead atoms. The van der Waals surface area contributed by atoms with Crippen molar-refractivity contribution in [2.45, 2.75) is 58.8 Å². The molecule has 5 nitrogen and oxygen atoms in total. The van der Waals surface area contributed by atoms with Crippen LogP contribution in [0.4, 0.5) is 10.7 Å². The van der Waals surface area contributed by atoms with Crippen LogP contribution in [0.15, 0.2) is 18.2 Å². The summed E-state index contributed by atoms with van der Waals surface area (Å²) in [6.07, 6.45) is 7.92. The summed E-state index contributed by atoms with van der Waals surface area (Å²) in [5, 5.41) is 6.90. The minimum Gasteiger partial charge on any atom is -0.327 e. The second-order valence-corrected chi connectivity index (χ2v) is 9.83. The second-order valence-electron chi connectivity index (χ2n) is 8.72. The number of rotatable bonds is 5. The van der Waals surface area contributed by atoms with Crippen LogP contribution in [0.3, 0.4) is 0 Å². The molecule has 3 N–H and O–H groups in total. The number of carbonyl (C=O) groups is 2. The molecule has 6 heteroatoms. The summed E-state index contributed by atoms with van der Waals surface area (Å²) in [5.41, 5.74) is 4.85. The number of benzene rings is 1. The molecule has 2 aliphatic rings. The zero-order valence-corrected chi connectivity index (χ0v) is 18.8. The second kappa shape index (κ2) is 9.31. The number of quaternary nitrogens is 1. The van der Waals surface area contributed by atoms with Crippen LogP contribution in [-0.2, 0) is 17.6 Å². The van der Waals surface area contributed by atoms with Crippen LogP contribution in [-0.4, -0.2) is 31.4 Å². The fourth-order valence-corrected chi connectivity index (χ4v) is 5.98. The number of anilines is 2. The SMILES string of the molecule is Cc1ccc(NC(=O)c2c(NC(=O)C[NH+]3CCCCCC3)sc3c2CCC3)c(C)c1. The van der Waals surface area contributed by atoms with Crippen molar-refractivity contribution >= 4 is 33.8 Å². The quantitative estimate of drug-likeness (QED) is 0.685. The summed E-state index contributed by atoms with van der Waals surface area (Å²) in [4.78, 5) is 28.6. The minimum absolute atomic E-state index is 0.0207. The van der Waals surface area contributed by atoms with E-state index in [0.29, 0.717) is 12.1 Å². The lowest BCUT2D eigenvalue weighted by Crippen LogP contribution is -3.12. The number of thiophene rings is 1. The Morgan fingerprint density at radius 1 is 1.00 bits per heavy atom. The van der Waals surface area contributed by atoms with Crippen LogP contribution in [0.5, 0.6) is 0 Å². The standard InChI is InChI=1S/C24H31N3O2S/c1-16-10-11-19(17(2)14-16)25-23(29)22-18-8-7-9-20(18)30-24(22)26-21(28)15-27-12-5-3-4-6-13-27/h10-11,14H,3-9,12-13,15H2,1-2H3,(H,25,29)(H,26,28)/p+1. The zero-order valence-electron chi connectivity index (χ0n) is 18.0. The molecule has 0 atom stereocenters.